The Bertz CT molecular complexity index is 310. The minimum absolute atomic E-state index is 0.937. The van der Waals surface area contributed by atoms with E-state index in [1.165, 1.54) is 0 Å². The van der Waals surface area contributed by atoms with Crippen molar-refractivity contribution in [1.82, 2.24) is 16.0 Å². The molecule has 0 saturated heterocycles. The van der Waals surface area contributed by atoms with Gasteiger partial charge in [0.1, 0.15) is 0 Å². The van der Waals surface area contributed by atoms with E-state index in [1.807, 2.05) is 0 Å². The summed E-state index contributed by atoms with van der Waals surface area (Å²) in [5, 5.41) is 4.71. The fraction of sp³-hybridized carbons (Fsp3) is 0. The molecule has 0 rings (SSSR count). The van der Waals surface area contributed by atoms with Gasteiger partial charge < -0.3 is 22.9 Å². The summed E-state index contributed by atoms with van der Waals surface area (Å²) in [5.74, 6) is 0. The Morgan fingerprint density at radius 3 is 0.882 bits per heavy atom. The van der Waals surface area contributed by atoms with Crippen molar-refractivity contribution in [2.45, 2.75) is 0 Å². The van der Waals surface area contributed by atoms with Crippen LogP contribution in [0.3, 0.4) is 0 Å². The number of carbonyl (C=O) groups excluding carboxylic acids is 5. The first-order valence-corrected chi connectivity index (χ1v) is 3.68. The molecule has 12 heteroatoms. The number of hydrogen-bond donors (Lipinski definition) is 7. The maximum Gasteiger partial charge on any atom is 0.330 e. The molecule has 0 aromatic carbocycles. The van der Waals surface area contributed by atoms with Crippen LogP contribution in [0.4, 0.5) is 24.0 Å². The van der Waals surface area contributed by atoms with Crippen molar-refractivity contribution in [2.75, 3.05) is 0 Å². The second-order valence-electron chi connectivity index (χ2n) is 2.16. The van der Waals surface area contributed by atoms with Crippen LogP contribution in [0.25, 0.3) is 0 Å². The molecule has 0 radical (unpaired) electrons. The number of primary amides is 4. The number of amides is 10. The summed E-state index contributed by atoms with van der Waals surface area (Å²) in [6.07, 6.45) is 0. The first kappa shape index (κ1) is 16.4. The topological polar surface area (TPSA) is 226 Å². The van der Waals surface area contributed by atoms with Crippen LogP contribution >= 0.6 is 0 Å². The first-order chi connectivity index (χ1) is 7.65. The van der Waals surface area contributed by atoms with Gasteiger partial charge in [0.05, 0.1) is 0 Å². The zero-order valence-electron chi connectivity index (χ0n) is 8.35. The molecule has 0 aromatic rings. The predicted molar refractivity (Wildman–Crippen MR) is 53.1 cm³/mol. The monoisotopic (exact) mass is 249 g/mol. The molecule has 10 amide bonds. The van der Waals surface area contributed by atoms with Gasteiger partial charge in [0, 0.05) is 0 Å². The third-order valence-corrected chi connectivity index (χ3v) is 0.720. The molecule has 0 aromatic heterocycles. The van der Waals surface area contributed by atoms with Crippen LogP contribution in [-0.2, 0) is 0 Å². The third kappa shape index (κ3) is 19.4. The Morgan fingerprint density at radius 2 is 0.765 bits per heavy atom. The molecule has 11 N–H and O–H groups in total. The average molecular weight is 249 g/mol. The van der Waals surface area contributed by atoms with E-state index in [0.29, 0.717) is 0 Å². The number of nitrogens with two attached hydrogens (primary N) is 4. The maximum absolute atomic E-state index is 10.2. The van der Waals surface area contributed by atoms with Gasteiger partial charge in [0.15, 0.2) is 0 Å². The van der Waals surface area contributed by atoms with Crippen LogP contribution in [0.1, 0.15) is 0 Å². The predicted octanol–water partition coefficient (Wildman–Crippen LogP) is -2.82. The highest BCUT2D eigenvalue weighted by molar-refractivity contribution is 6.00. The largest absolute Gasteiger partial charge is 0.351 e. The second kappa shape index (κ2) is 8.27. The van der Waals surface area contributed by atoms with Gasteiger partial charge in [-0.15, -0.1) is 0 Å². The molecule has 0 spiro atoms. The van der Waals surface area contributed by atoms with Crippen LogP contribution in [0.2, 0.25) is 0 Å². The van der Waals surface area contributed by atoms with Gasteiger partial charge in [-0.1, -0.05) is 0 Å². The minimum atomic E-state index is -1.06. The molecule has 0 atom stereocenters. The van der Waals surface area contributed by atoms with Crippen LogP contribution < -0.4 is 38.9 Å². The number of nitrogens with one attached hydrogen (secondary N) is 3. The Hall–Kier alpha value is -3.05. The van der Waals surface area contributed by atoms with E-state index < -0.39 is 30.2 Å². The molecular formula is C5H11N7O5. The summed E-state index contributed by atoms with van der Waals surface area (Å²) in [6, 6.07) is -5.03. The molecule has 0 bridgehead atoms. The van der Waals surface area contributed by atoms with Gasteiger partial charge in [-0.25, -0.2) is 24.0 Å². The lowest BCUT2D eigenvalue weighted by Crippen LogP contribution is -2.46. The van der Waals surface area contributed by atoms with E-state index >= 15 is 0 Å². The number of carbonyl (C=O) groups is 5. The zero-order chi connectivity index (χ0) is 14.0. The highest BCUT2D eigenvalue weighted by Crippen LogP contribution is 1.62. The summed E-state index contributed by atoms with van der Waals surface area (Å²) in [4.78, 5) is 49.3. The SMILES string of the molecule is NC(=O)NC(=O)NC(N)=O.NC(=O)NC(N)=O. The fourth-order valence-corrected chi connectivity index (χ4v) is 0.376. The number of rotatable bonds is 0. The van der Waals surface area contributed by atoms with E-state index in [2.05, 4.69) is 22.9 Å². The van der Waals surface area contributed by atoms with Crippen LogP contribution in [-0.4, -0.2) is 30.2 Å². The molecule has 96 valence electrons. The molecule has 17 heavy (non-hydrogen) atoms. The second-order valence-corrected chi connectivity index (χ2v) is 2.16. The highest BCUT2D eigenvalue weighted by atomic mass is 16.2. The summed E-state index contributed by atoms with van der Waals surface area (Å²) in [7, 11) is 0. The van der Waals surface area contributed by atoms with E-state index in [9.17, 15) is 24.0 Å². The van der Waals surface area contributed by atoms with E-state index in [4.69, 9.17) is 0 Å². The molecular weight excluding hydrogens is 238 g/mol. The maximum atomic E-state index is 10.2. The number of urea groups is 5. The van der Waals surface area contributed by atoms with Crippen molar-refractivity contribution < 1.29 is 24.0 Å². The molecule has 0 aliphatic heterocycles. The van der Waals surface area contributed by atoms with E-state index in [1.54, 1.807) is 16.0 Å². The van der Waals surface area contributed by atoms with Crippen molar-refractivity contribution in [1.29, 1.82) is 0 Å². The van der Waals surface area contributed by atoms with Crippen molar-refractivity contribution in [3.8, 4) is 0 Å². The molecule has 0 unspecified atom stereocenters. The van der Waals surface area contributed by atoms with Crippen molar-refractivity contribution in [2.24, 2.45) is 22.9 Å². The number of hydrogen-bond acceptors (Lipinski definition) is 5. The highest BCUT2D eigenvalue weighted by Gasteiger charge is 2.03. The van der Waals surface area contributed by atoms with Gasteiger partial charge in [-0.3, -0.25) is 16.0 Å². The lowest BCUT2D eigenvalue weighted by molar-refractivity contribution is 0.226. The first-order valence-electron chi connectivity index (χ1n) is 3.68. The van der Waals surface area contributed by atoms with Crippen LogP contribution in [0, 0.1) is 0 Å². The van der Waals surface area contributed by atoms with E-state index in [0.717, 1.165) is 0 Å². The van der Waals surface area contributed by atoms with Crippen LogP contribution in [0.15, 0.2) is 0 Å². The van der Waals surface area contributed by atoms with Crippen LogP contribution in [0.5, 0.6) is 0 Å². The fourth-order valence-electron chi connectivity index (χ4n) is 0.376. The molecule has 0 fully saturated rings. The molecule has 0 aliphatic carbocycles. The molecule has 0 heterocycles. The van der Waals surface area contributed by atoms with Gasteiger partial charge in [-0.05, 0) is 0 Å². The summed E-state index contributed by atoms with van der Waals surface area (Å²) < 4.78 is 0. The van der Waals surface area contributed by atoms with Gasteiger partial charge in [0.25, 0.3) is 0 Å². The molecule has 0 saturated carbocycles. The van der Waals surface area contributed by atoms with Crippen molar-refractivity contribution >= 4 is 30.2 Å². The minimum Gasteiger partial charge on any atom is -0.351 e. The normalized spacial score (nSPS) is 7.76. The Morgan fingerprint density at radius 1 is 0.529 bits per heavy atom. The Labute approximate surface area is 94.0 Å². The molecule has 0 aliphatic rings. The number of imide groups is 3. The van der Waals surface area contributed by atoms with Crippen molar-refractivity contribution in [3.63, 3.8) is 0 Å². The summed E-state index contributed by atoms with van der Waals surface area (Å²) in [6.45, 7) is 0. The third-order valence-electron chi connectivity index (χ3n) is 0.720. The standard InChI is InChI=1S/C3H6N4O3.C2H5N3O2/c4-1(8)6-3(10)7-2(5)9;3-1(6)5-2(4)7/h(H6,4,5,6,7,8,9,10);(H5,3,4,5,6,7). The summed E-state index contributed by atoms with van der Waals surface area (Å²) >= 11 is 0. The van der Waals surface area contributed by atoms with Crippen molar-refractivity contribution in [3.05, 3.63) is 0 Å². The Balaban J connectivity index is 0. The van der Waals surface area contributed by atoms with Gasteiger partial charge in [-0.2, -0.15) is 0 Å². The van der Waals surface area contributed by atoms with E-state index in [-0.39, 0.29) is 0 Å². The quantitative estimate of drug-likeness (QED) is 0.240. The lowest BCUT2D eigenvalue weighted by atomic mass is 10.8. The molecule has 12 nitrogen and oxygen atoms in total. The Kier molecular flexibility index (Phi) is 7.97. The summed E-state index contributed by atoms with van der Waals surface area (Å²) in [5.41, 5.74) is 17.9. The average Bonchev–Trinajstić information content (AvgIpc) is 1.97. The lowest BCUT2D eigenvalue weighted by Gasteiger charge is -1.97. The smallest absolute Gasteiger partial charge is 0.330 e. The van der Waals surface area contributed by atoms with Gasteiger partial charge >= 0.3 is 30.2 Å². The van der Waals surface area contributed by atoms with Gasteiger partial charge in [0.2, 0.25) is 0 Å². The zero-order valence-corrected chi connectivity index (χ0v) is 8.35.